The van der Waals surface area contributed by atoms with E-state index >= 15 is 0 Å². The molecule has 5 nitrogen and oxygen atoms in total. The summed E-state index contributed by atoms with van der Waals surface area (Å²) in [5.41, 5.74) is -4.08. The standard InChI is InChI=1S/C19H24F6N2O3S/c1-16(2,3)31(29,30)27-14-11-12(18(20,21)22)5-6-13(14)15(28)26-10-9-17(7-4-8-17)19(23,24)25/h5-6,11,27H,4,7-10H2,1-3H3,(H,26,28). The molecule has 176 valence electrons. The lowest BCUT2D eigenvalue weighted by molar-refractivity contribution is -0.252. The maximum atomic E-state index is 13.2. The van der Waals surface area contributed by atoms with Crippen molar-refractivity contribution in [1.82, 2.24) is 5.32 Å². The first kappa shape index (κ1) is 25.3. The molecule has 0 spiro atoms. The van der Waals surface area contributed by atoms with Crippen molar-refractivity contribution in [3.63, 3.8) is 0 Å². The Bertz CT molecular complexity index is 929. The van der Waals surface area contributed by atoms with Crippen LogP contribution in [0.15, 0.2) is 18.2 Å². The Kier molecular flexibility index (Phi) is 6.67. The van der Waals surface area contributed by atoms with E-state index in [9.17, 15) is 39.6 Å². The van der Waals surface area contributed by atoms with Gasteiger partial charge in [-0.25, -0.2) is 8.42 Å². The first-order chi connectivity index (χ1) is 13.9. The van der Waals surface area contributed by atoms with E-state index < -0.39 is 55.3 Å². The van der Waals surface area contributed by atoms with E-state index in [-0.39, 0.29) is 25.8 Å². The summed E-state index contributed by atoms with van der Waals surface area (Å²) < 4.78 is 104. The quantitative estimate of drug-likeness (QED) is 0.564. The van der Waals surface area contributed by atoms with E-state index in [0.717, 1.165) is 6.07 Å². The zero-order valence-electron chi connectivity index (χ0n) is 17.2. The number of carbonyl (C=O) groups excluding carboxylic acids is 1. The van der Waals surface area contributed by atoms with Gasteiger partial charge in [-0.2, -0.15) is 26.3 Å². The van der Waals surface area contributed by atoms with Crippen LogP contribution in [0.1, 0.15) is 62.4 Å². The van der Waals surface area contributed by atoms with Gasteiger partial charge in [0.1, 0.15) is 0 Å². The van der Waals surface area contributed by atoms with E-state index in [1.807, 2.05) is 4.72 Å². The molecule has 2 rings (SSSR count). The van der Waals surface area contributed by atoms with Crippen LogP contribution in [0.3, 0.4) is 0 Å². The first-order valence-electron chi connectivity index (χ1n) is 9.48. The van der Waals surface area contributed by atoms with E-state index in [1.165, 1.54) is 20.8 Å². The molecule has 1 aromatic rings. The predicted octanol–water partition coefficient (Wildman–Crippen LogP) is 5.10. The number of nitrogens with one attached hydrogen (secondary N) is 2. The Balaban J connectivity index is 2.27. The second kappa shape index (κ2) is 8.18. The maximum absolute atomic E-state index is 13.2. The number of hydrogen-bond donors (Lipinski definition) is 2. The van der Waals surface area contributed by atoms with E-state index in [2.05, 4.69) is 5.32 Å². The zero-order chi connectivity index (χ0) is 23.9. The summed E-state index contributed by atoms with van der Waals surface area (Å²) in [5, 5.41) is 2.26. The smallest absolute Gasteiger partial charge is 0.352 e. The monoisotopic (exact) mass is 474 g/mol. The highest BCUT2D eigenvalue weighted by atomic mass is 32.2. The van der Waals surface area contributed by atoms with Crippen LogP contribution in [-0.2, 0) is 16.2 Å². The molecule has 1 saturated carbocycles. The Labute approximate surface area is 176 Å². The molecule has 0 aliphatic heterocycles. The van der Waals surface area contributed by atoms with Gasteiger partial charge in [-0.3, -0.25) is 9.52 Å². The van der Waals surface area contributed by atoms with Crippen molar-refractivity contribution < 1.29 is 39.6 Å². The molecule has 0 atom stereocenters. The van der Waals surface area contributed by atoms with Crippen LogP contribution in [0.25, 0.3) is 0 Å². The molecule has 0 bridgehead atoms. The largest absolute Gasteiger partial charge is 0.416 e. The van der Waals surface area contributed by atoms with Gasteiger partial charge in [-0.05, 0) is 58.2 Å². The number of halogens is 6. The van der Waals surface area contributed by atoms with Crippen LogP contribution >= 0.6 is 0 Å². The fraction of sp³-hybridized carbons (Fsp3) is 0.632. The number of alkyl halides is 6. The number of sulfonamides is 1. The van der Waals surface area contributed by atoms with Crippen LogP contribution in [0, 0.1) is 5.41 Å². The fourth-order valence-electron chi connectivity index (χ4n) is 3.09. The Hall–Kier alpha value is -1.98. The number of amides is 1. The molecule has 0 saturated heterocycles. The lowest BCUT2D eigenvalue weighted by Gasteiger charge is -2.43. The normalized spacial score (nSPS) is 17.1. The minimum atomic E-state index is -4.79. The molecular weight excluding hydrogens is 450 g/mol. The van der Waals surface area contributed by atoms with Crippen LogP contribution in [0.2, 0.25) is 0 Å². The second-order valence-corrected chi connectivity index (χ2v) is 11.0. The van der Waals surface area contributed by atoms with Gasteiger partial charge in [-0.15, -0.1) is 0 Å². The van der Waals surface area contributed by atoms with Gasteiger partial charge in [0.15, 0.2) is 0 Å². The molecule has 12 heteroatoms. The Morgan fingerprint density at radius 3 is 2.06 bits per heavy atom. The molecule has 1 fully saturated rings. The van der Waals surface area contributed by atoms with Crippen molar-refractivity contribution in [2.24, 2.45) is 5.41 Å². The molecule has 1 aliphatic rings. The highest BCUT2D eigenvalue weighted by Gasteiger charge is 2.57. The summed E-state index contributed by atoms with van der Waals surface area (Å²) >= 11 is 0. The van der Waals surface area contributed by atoms with Gasteiger partial charge in [0.25, 0.3) is 5.91 Å². The van der Waals surface area contributed by atoms with Gasteiger partial charge in [0.05, 0.1) is 27.0 Å². The molecule has 0 aromatic heterocycles. The molecule has 31 heavy (non-hydrogen) atoms. The fourth-order valence-corrected chi connectivity index (χ4v) is 3.85. The SMILES string of the molecule is CC(C)(C)S(=O)(=O)Nc1cc(C(F)(F)F)ccc1C(=O)NCCC1(C(F)(F)F)CCC1. The average molecular weight is 474 g/mol. The number of anilines is 1. The molecular formula is C19H24F6N2O3S. The van der Waals surface area contributed by atoms with Gasteiger partial charge in [0.2, 0.25) is 10.0 Å². The minimum absolute atomic E-state index is 0.0523. The molecule has 1 aromatic carbocycles. The summed E-state index contributed by atoms with van der Waals surface area (Å²) in [6, 6.07) is 1.88. The van der Waals surface area contributed by atoms with Crippen molar-refractivity contribution in [2.45, 2.75) is 63.6 Å². The van der Waals surface area contributed by atoms with Crippen molar-refractivity contribution in [3.8, 4) is 0 Å². The predicted molar refractivity (Wildman–Crippen MR) is 103 cm³/mol. The van der Waals surface area contributed by atoms with Gasteiger partial charge in [-0.1, -0.05) is 6.42 Å². The summed E-state index contributed by atoms with van der Waals surface area (Å²) in [5.74, 6) is -0.975. The van der Waals surface area contributed by atoms with Crippen LogP contribution in [0.5, 0.6) is 0 Å². The Morgan fingerprint density at radius 2 is 1.65 bits per heavy atom. The number of rotatable bonds is 6. The molecule has 2 N–H and O–H groups in total. The molecule has 1 aliphatic carbocycles. The maximum Gasteiger partial charge on any atom is 0.416 e. The minimum Gasteiger partial charge on any atom is -0.352 e. The van der Waals surface area contributed by atoms with Gasteiger partial charge >= 0.3 is 12.4 Å². The van der Waals surface area contributed by atoms with Crippen LogP contribution in [0.4, 0.5) is 32.0 Å². The number of hydrogen-bond acceptors (Lipinski definition) is 3. The topological polar surface area (TPSA) is 75.3 Å². The summed E-state index contributed by atoms with van der Waals surface area (Å²) in [6.07, 6.45) is -9.26. The zero-order valence-corrected chi connectivity index (χ0v) is 18.0. The third kappa shape index (κ3) is 5.45. The highest BCUT2D eigenvalue weighted by Crippen LogP contribution is 2.55. The van der Waals surface area contributed by atoms with Gasteiger partial charge in [0, 0.05) is 6.54 Å². The number of benzene rings is 1. The summed E-state index contributed by atoms with van der Waals surface area (Å²) in [4.78, 5) is 12.5. The first-order valence-corrected chi connectivity index (χ1v) is 11.0. The lowest BCUT2D eigenvalue weighted by Crippen LogP contribution is -2.46. The van der Waals surface area contributed by atoms with Crippen LogP contribution < -0.4 is 10.0 Å². The number of carbonyl (C=O) groups is 1. The third-order valence-corrected chi connectivity index (χ3v) is 7.54. The van der Waals surface area contributed by atoms with Crippen molar-refractivity contribution in [1.29, 1.82) is 0 Å². The van der Waals surface area contributed by atoms with E-state index in [1.54, 1.807) is 0 Å². The molecule has 0 radical (unpaired) electrons. The van der Waals surface area contributed by atoms with Gasteiger partial charge < -0.3 is 5.32 Å². The third-order valence-electron chi connectivity index (χ3n) is 5.44. The second-order valence-electron chi connectivity index (χ2n) is 8.61. The van der Waals surface area contributed by atoms with Crippen molar-refractivity contribution in [2.75, 3.05) is 11.3 Å². The molecule has 0 unspecified atom stereocenters. The molecule has 0 heterocycles. The summed E-state index contributed by atoms with van der Waals surface area (Å²) in [6.45, 7) is 3.60. The summed E-state index contributed by atoms with van der Waals surface area (Å²) in [7, 11) is -4.17. The van der Waals surface area contributed by atoms with E-state index in [0.29, 0.717) is 18.6 Å². The highest BCUT2D eigenvalue weighted by molar-refractivity contribution is 7.94. The Morgan fingerprint density at radius 1 is 1.06 bits per heavy atom. The lowest BCUT2D eigenvalue weighted by atomic mass is 9.66. The van der Waals surface area contributed by atoms with Crippen molar-refractivity contribution in [3.05, 3.63) is 29.3 Å². The average Bonchev–Trinajstić information content (AvgIpc) is 2.53. The van der Waals surface area contributed by atoms with E-state index in [4.69, 9.17) is 0 Å². The van der Waals surface area contributed by atoms with Crippen LogP contribution in [-0.4, -0.2) is 31.8 Å². The van der Waals surface area contributed by atoms with Crippen molar-refractivity contribution >= 4 is 21.6 Å². The molecule has 1 amide bonds.